The molecule has 0 aliphatic carbocycles. The maximum absolute atomic E-state index is 13.6. The highest BCUT2D eigenvalue weighted by atomic mass is 32.2. The third-order valence-electron chi connectivity index (χ3n) is 6.48. The number of amides is 3. The van der Waals surface area contributed by atoms with E-state index in [9.17, 15) is 32.7 Å². The summed E-state index contributed by atoms with van der Waals surface area (Å²) in [6.07, 6.45) is 2.27. The van der Waals surface area contributed by atoms with Crippen LogP contribution in [0.4, 0.5) is 0 Å². The van der Waals surface area contributed by atoms with Crippen LogP contribution in [-0.4, -0.2) is 106 Å². The van der Waals surface area contributed by atoms with Crippen molar-refractivity contribution in [2.24, 2.45) is 0 Å². The van der Waals surface area contributed by atoms with Crippen LogP contribution < -0.4 is 16.0 Å². The lowest BCUT2D eigenvalue weighted by molar-refractivity contribution is -0.143. The molecule has 1 heterocycles. The molecule has 0 radical (unpaired) electrons. The van der Waals surface area contributed by atoms with Crippen molar-refractivity contribution in [2.75, 3.05) is 39.8 Å². The number of Topliss-reactive ketones (excluding diaryl/α,β-unsaturated/α-hetero) is 1. The number of benzene rings is 1. The molecule has 16 heteroatoms. The Balaban J connectivity index is 2.24. The van der Waals surface area contributed by atoms with Crippen LogP contribution in [0.15, 0.2) is 36.5 Å². The molecule has 4 atom stereocenters. The molecule has 0 saturated carbocycles. The zero-order valence-corrected chi connectivity index (χ0v) is 27.7. The second kappa shape index (κ2) is 18.0. The van der Waals surface area contributed by atoms with Gasteiger partial charge in [-0.05, 0) is 32.3 Å². The maximum atomic E-state index is 13.6. The first-order chi connectivity index (χ1) is 21.2. The summed E-state index contributed by atoms with van der Waals surface area (Å²) in [7, 11) is -1.35. The fraction of sp³-hybridized carbons (Fsp3) is 0.552. The molecule has 4 N–H and O–H groups in total. The van der Waals surface area contributed by atoms with E-state index in [4.69, 9.17) is 13.7 Å². The van der Waals surface area contributed by atoms with Crippen LogP contribution in [0.2, 0.25) is 0 Å². The number of hydrogen-bond donors (Lipinski definition) is 4. The van der Waals surface area contributed by atoms with Crippen LogP contribution in [-0.2, 0) is 44.6 Å². The molecule has 2 aromatic rings. The fourth-order valence-electron chi connectivity index (χ4n) is 4.03. The fourth-order valence-corrected chi connectivity index (χ4v) is 5.88. The van der Waals surface area contributed by atoms with E-state index in [1.807, 2.05) is 6.92 Å². The van der Waals surface area contributed by atoms with Crippen LogP contribution >= 0.6 is 11.3 Å². The summed E-state index contributed by atoms with van der Waals surface area (Å²) in [6.45, 7) is 3.27. The van der Waals surface area contributed by atoms with E-state index in [0.29, 0.717) is 23.4 Å². The Morgan fingerprint density at radius 2 is 1.56 bits per heavy atom. The van der Waals surface area contributed by atoms with Gasteiger partial charge < -0.3 is 30.5 Å². The average molecular weight is 671 g/mol. The normalized spacial score (nSPS) is 14.9. The van der Waals surface area contributed by atoms with E-state index in [-0.39, 0.29) is 30.3 Å². The minimum Gasteiger partial charge on any atom is -0.382 e. The molecule has 14 nitrogen and oxygen atoms in total. The number of rotatable bonds is 20. The third-order valence-corrected chi connectivity index (χ3v) is 8.66. The van der Waals surface area contributed by atoms with Gasteiger partial charge in [-0.3, -0.25) is 23.4 Å². The van der Waals surface area contributed by atoms with Crippen molar-refractivity contribution in [3.8, 4) is 0 Å². The number of aromatic nitrogens is 1. The summed E-state index contributed by atoms with van der Waals surface area (Å²) in [4.78, 5) is 57.2. The second-order valence-electron chi connectivity index (χ2n) is 10.5. The van der Waals surface area contributed by atoms with Crippen molar-refractivity contribution in [1.29, 1.82) is 0 Å². The van der Waals surface area contributed by atoms with Gasteiger partial charge >= 0.3 is 0 Å². The first-order valence-electron chi connectivity index (χ1n) is 14.2. The molecule has 1 aromatic heterocycles. The third kappa shape index (κ3) is 12.6. The minimum atomic E-state index is -4.00. The van der Waals surface area contributed by atoms with Crippen LogP contribution in [0.25, 0.3) is 0 Å². The molecule has 45 heavy (non-hydrogen) atoms. The van der Waals surface area contributed by atoms with Gasteiger partial charge in [0.2, 0.25) is 11.8 Å². The number of thiazole rings is 1. The summed E-state index contributed by atoms with van der Waals surface area (Å²) in [6, 6.07) is 4.78. The predicted molar refractivity (Wildman–Crippen MR) is 166 cm³/mol. The Hall–Kier alpha value is -3.28. The highest BCUT2D eigenvalue weighted by molar-refractivity contribution is 7.86. The van der Waals surface area contributed by atoms with Gasteiger partial charge in [0.05, 0.1) is 36.2 Å². The predicted octanol–water partition coefficient (Wildman–Crippen LogP) is 0.522. The smallest absolute Gasteiger partial charge is 0.267 e. The van der Waals surface area contributed by atoms with Crippen molar-refractivity contribution in [2.45, 2.75) is 63.8 Å². The Morgan fingerprint density at radius 3 is 2.09 bits per heavy atom. The Labute approximate surface area is 267 Å². The van der Waals surface area contributed by atoms with E-state index in [1.54, 1.807) is 37.3 Å². The number of hydrogen-bond acceptors (Lipinski definition) is 12. The lowest BCUT2D eigenvalue weighted by Gasteiger charge is -2.29. The Morgan fingerprint density at radius 1 is 0.978 bits per heavy atom. The quantitative estimate of drug-likeness (QED) is 0.143. The van der Waals surface area contributed by atoms with Crippen LogP contribution in [0.3, 0.4) is 0 Å². The van der Waals surface area contributed by atoms with Crippen LogP contribution in [0.5, 0.6) is 0 Å². The number of ketones is 1. The van der Waals surface area contributed by atoms with Crippen molar-refractivity contribution < 1.29 is 46.4 Å². The zero-order valence-electron chi connectivity index (χ0n) is 26.0. The summed E-state index contributed by atoms with van der Waals surface area (Å²) in [5.74, 6) is -3.32. The van der Waals surface area contributed by atoms with E-state index in [2.05, 4.69) is 20.9 Å². The lowest BCUT2D eigenvalue weighted by Crippen LogP contribution is -2.60. The van der Waals surface area contributed by atoms with Gasteiger partial charge in [0.15, 0.2) is 5.78 Å². The van der Waals surface area contributed by atoms with E-state index >= 15 is 0 Å². The monoisotopic (exact) mass is 670 g/mol. The molecule has 0 spiro atoms. The summed E-state index contributed by atoms with van der Waals surface area (Å²) < 4.78 is 39.6. The first-order valence-corrected chi connectivity index (χ1v) is 16.6. The number of methoxy groups -OCH3 is 2. The molecule has 3 amide bonds. The molecular formula is C29H42N4O10S2. The molecular weight excluding hydrogens is 628 g/mol. The first kappa shape index (κ1) is 37.9. The summed E-state index contributed by atoms with van der Waals surface area (Å²) in [5, 5.41) is 19.3. The topological polar surface area (TPSA) is 199 Å². The number of carbonyl (C=O) groups is 4. The van der Waals surface area contributed by atoms with Crippen molar-refractivity contribution in [3.05, 3.63) is 52.0 Å². The molecule has 0 fully saturated rings. The zero-order chi connectivity index (χ0) is 33.6. The number of unbranched alkanes of at least 4 members (excludes halogenated alkanes) is 1. The van der Waals surface area contributed by atoms with Gasteiger partial charge in [0.25, 0.3) is 16.0 Å². The van der Waals surface area contributed by atoms with Crippen molar-refractivity contribution >= 4 is 45.0 Å². The molecule has 1 aromatic carbocycles. The van der Waals surface area contributed by atoms with Gasteiger partial charge in [0.1, 0.15) is 29.2 Å². The van der Waals surface area contributed by atoms with E-state index in [1.165, 1.54) is 20.4 Å². The summed E-state index contributed by atoms with van der Waals surface area (Å²) >= 11 is 1.14. The molecule has 0 aliphatic rings. The average Bonchev–Trinajstić information content (AvgIpc) is 3.44. The lowest BCUT2D eigenvalue weighted by atomic mass is 9.91. The molecule has 250 valence electrons. The summed E-state index contributed by atoms with van der Waals surface area (Å²) in [5.41, 5.74) is -1.66. The van der Waals surface area contributed by atoms with Gasteiger partial charge in [-0.15, -0.1) is 11.3 Å². The second-order valence-corrected chi connectivity index (χ2v) is 13.5. The number of aryl methyl sites for hydroxylation is 1. The maximum Gasteiger partial charge on any atom is 0.267 e. The van der Waals surface area contributed by atoms with Crippen molar-refractivity contribution in [3.63, 3.8) is 0 Å². The molecule has 2 rings (SSSR count). The Bertz CT molecular complexity index is 1380. The van der Waals surface area contributed by atoms with Gasteiger partial charge in [-0.2, -0.15) is 8.42 Å². The van der Waals surface area contributed by atoms with E-state index in [0.717, 1.165) is 18.3 Å². The number of ether oxygens (including phenoxy) is 2. The number of aliphatic hydroxyl groups is 1. The van der Waals surface area contributed by atoms with Gasteiger partial charge in [0, 0.05) is 14.2 Å². The highest BCUT2D eigenvalue weighted by Gasteiger charge is 2.39. The molecule has 0 aliphatic heterocycles. The molecule has 0 bridgehead atoms. The highest BCUT2D eigenvalue weighted by Crippen LogP contribution is 2.16. The number of nitrogens with one attached hydrogen (secondary N) is 3. The number of carbonyl (C=O) groups excluding carboxylic acids is 4. The van der Waals surface area contributed by atoms with E-state index < -0.39 is 64.0 Å². The minimum absolute atomic E-state index is 0.0611. The van der Waals surface area contributed by atoms with Gasteiger partial charge in [-0.25, -0.2) is 4.98 Å². The van der Waals surface area contributed by atoms with Crippen LogP contribution in [0.1, 0.15) is 46.9 Å². The standard InChI is InChI=1S/C29H42N4O10S2/c1-6-7-13-45(39,40)43-18-29(3,38)25(34)21(14-20-11-9-8-10-12-20)31-26(35)22(16-41-4)32-27(36)23(17-42-5)33-28(37)24-15-30-19(2)44-24/h8-12,15,21-23,38H,6-7,13-14,16-18H2,1-5H3,(H,31,35)(H,32,36)(H,33,37)/t21-,22-,23-,29+/m0/s1. The molecule has 0 unspecified atom stereocenters. The largest absolute Gasteiger partial charge is 0.382 e. The van der Waals surface area contributed by atoms with Crippen LogP contribution in [0, 0.1) is 6.92 Å². The van der Waals surface area contributed by atoms with Crippen molar-refractivity contribution in [1.82, 2.24) is 20.9 Å². The molecule has 0 saturated heterocycles. The SMILES string of the molecule is CCCCS(=O)(=O)OC[C@@](C)(O)C(=O)[C@H](Cc1ccccc1)NC(=O)[C@H](COC)NC(=O)[C@H](COC)NC(=O)c1cnc(C)s1. The number of nitrogens with zero attached hydrogens (tertiary/aromatic N) is 1. The van der Waals surface area contributed by atoms with Gasteiger partial charge in [-0.1, -0.05) is 43.7 Å². The Kier molecular flexibility index (Phi) is 15.2.